The van der Waals surface area contributed by atoms with Crippen molar-refractivity contribution in [2.75, 3.05) is 13.2 Å². The normalized spacial score (nSPS) is 13.9. The molecule has 0 fully saturated rings. The number of aliphatic hydroxyl groups excluding tert-OH is 1. The second kappa shape index (κ2) is 16.6. The Bertz CT molecular complexity index is 1630. The standard InChI is InChI=1S/C43H53NO4Si2/c1-42(2,3)49(36-24-14-8-15-25-36,37-26-16-9-17-27-37)47-33-40(44-46-32-35-22-12-7-13-23-35)41(45)34-48-50(43(4,5)6,38-28-18-10-19-29-38)39-30-20-11-21-31-39/h7-31,40-41,44-45H,32-34H2,1-6H3/t40-,41-/m0/s1. The molecule has 0 amide bonds. The summed E-state index contributed by atoms with van der Waals surface area (Å²) in [6.45, 7) is 14.2. The summed E-state index contributed by atoms with van der Waals surface area (Å²) < 4.78 is 14.5. The van der Waals surface area contributed by atoms with E-state index in [1.807, 2.05) is 54.6 Å². The van der Waals surface area contributed by atoms with Gasteiger partial charge in [-0.2, -0.15) is 5.48 Å². The molecule has 0 heterocycles. The van der Waals surface area contributed by atoms with Crippen LogP contribution in [0.25, 0.3) is 0 Å². The van der Waals surface area contributed by atoms with Crippen LogP contribution < -0.4 is 26.2 Å². The number of hydrogen-bond acceptors (Lipinski definition) is 5. The second-order valence-electron chi connectivity index (χ2n) is 15.0. The van der Waals surface area contributed by atoms with E-state index in [1.54, 1.807) is 0 Å². The predicted molar refractivity (Wildman–Crippen MR) is 211 cm³/mol. The summed E-state index contributed by atoms with van der Waals surface area (Å²) in [6.07, 6.45) is -0.939. The molecule has 50 heavy (non-hydrogen) atoms. The Balaban J connectivity index is 1.50. The van der Waals surface area contributed by atoms with Gasteiger partial charge in [-0.15, -0.1) is 0 Å². The zero-order chi connectivity index (χ0) is 35.7. The van der Waals surface area contributed by atoms with Crippen LogP contribution in [-0.2, 0) is 20.3 Å². The average molecular weight is 704 g/mol. The minimum Gasteiger partial charge on any atom is -0.406 e. The van der Waals surface area contributed by atoms with Crippen molar-refractivity contribution >= 4 is 37.4 Å². The van der Waals surface area contributed by atoms with E-state index < -0.39 is 28.8 Å². The zero-order valence-corrected chi connectivity index (χ0v) is 32.4. The number of rotatable bonds is 15. The first-order valence-electron chi connectivity index (χ1n) is 17.6. The molecule has 0 unspecified atom stereocenters. The molecule has 2 N–H and O–H groups in total. The van der Waals surface area contributed by atoms with Gasteiger partial charge in [0.15, 0.2) is 0 Å². The number of nitrogens with one attached hydrogen (secondary N) is 1. The third-order valence-corrected chi connectivity index (χ3v) is 19.6. The molecule has 0 aliphatic rings. The van der Waals surface area contributed by atoms with E-state index in [1.165, 1.54) is 20.7 Å². The highest BCUT2D eigenvalue weighted by Gasteiger charge is 2.52. The minimum atomic E-state index is -2.90. The van der Waals surface area contributed by atoms with Gasteiger partial charge in [-0.1, -0.05) is 193 Å². The smallest absolute Gasteiger partial charge is 0.261 e. The Hall–Kier alpha value is -3.67. The first-order chi connectivity index (χ1) is 24.0. The molecule has 5 nitrogen and oxygen atoms in total. The van der Waals surface area contributed by atoms with Gasteiger partial charge in [0.1, 0.15) is 0 Å². The van der Waals surface area contributed by atoms with E-state index in [-0.39, 0.29) is 23.3 Å². The summed E-state index contributed by atoms with van der Waals surface area (Å²) >= 11 is 0. The van der Waals surface area contributed by atoms with Gasteiger partial charge in [-0.25, -0.2) is 0 Å². The van der Waals surface area contributed by atoms with Crippen LogP contribution in [0, 0.1) is 0 Å². The van der Waals surface area contributed by atoms with E-state index in [0.29, 0.717) is 6.61 Å². The number of aliphatic hydroxyl groups is 1. The quantitative estimate of drug-likeness (QED) is 0.0953. The average Bonchev–Trinajstić information content (AvgIpc) is 3.12. The fourth-order valence-electron chi connectivity index (χ4n) is 7.09. The van der Waals surface area contributed by atoms with Gasteiger partial charge in [0.05, 0.1) is 32.0 Å². The Labute approximate surface area is 301 Å². The van der Waals surface area contributed by atoms with Gasteiger partial charge in [0, 0.05) is 0 Å². The van der Waals surface area contributed by atoms with Crippen LogP contribution in [0.5, 0.6) is 0 Å². The highest BCUT2D eigenvalue weighted by Crippen LogP contribution is 2.38. The van der Waals surface area contributed by atoms with E-state index in [4.69, 9.17) is 13.7 Å². The van der Waals surface area contributed by atoms with Crippen LogP contribution in [0.1, 0.15) is 47.1 Å². The monoisotopic (exact) mass is 703 g/mol. The maximum absolute atomic E-state index is 12.2. The van der Waals surface area contributed by atoms with Gasteiger partial charge in [-0.05, 0) is 36.4 Å². The molecule has 0 aromatic heterocycles. The first kappa shape index (κ1) is 37.6. The highest BCUT2D eigenvalue weighted by atomic mass is 28.4. The first-order valence-corrected chi connectivity index (χ1v) is 21.4. The molecule has 0 aliphatic carbocycles. The van der Waals surface area contributed by atoms with Crippen molar-refractivity contribution in [3.05, 3.63) is 157 Å². The summed E-state index contributed by atoms with van der Waals surface area (Å²) in [7, 11) is -5.79. The Morgan fingerprint density at radius 1 is 0.500 bits per heavy atom. The van der Waals surface area contributed by atoms with Crippen molar-refractivity contribution < 1.29 is 18.8 Å². The van der Waals surface area contributed by atoms with E-state index in [0.717, 1.165) is 5.56 Å². The van der Waals surface area contributed by atoms with Crippen LogP contribution in [0.15, 0.2) is 152 Å². The molecule has 0 saturated heterocycles. The van der Waals surface area contributed by atoms with Gasteiger partial charge >= 0.3 is 0 Å². The lowest BCUT2D eigenvalue weighted by Gasteiger charge is -2.45. The van der Waals surface area contributed by atoms with Crippen LogP contribution in [0.2, 0.25) is 10.1 Å². The lowest BCUT2D eigenvalue weighted by Crippen LogP contribution is -2.68. The Morgan fingerprint density at radius 3 is 1.16 bits per heavy atom. The fourth-order valence-corrected chi connectivity index (χ4v) is 16.3. The molecule has 5 aromatic carbocycles. The molecule has 0 saturated carbocycles. The summed E-state index contributed by atoms with van der Waals surface area (Å²) in [5.41, 5.74) is 4.26. The topological polar surface area (TPSA) is 60.0 Å². The van der Waals surface area contributed by atoms with E-state index in [2.05, 4.69) is 144 Å². The van der Waals surface area contributed by atoms with Crippen LogP contribution in [0.4, 0.5) is 0 Å². The summed E-state index contributed by atoms with van der Waals surface area (Å²) in [6, 6.07) is 51.6. The maximum Gasteiger partial charge on any atom is 0.261 e. The lowest BCUT2D eigenvalue weighted by molar-refractivity contribution is -0.0552. The SMILES string of the molecule is CC(C)(C)[Si](OC[C@H](NOCc1ccccc1)[C@@H](O)CO[Si](c1ccccc1)(c1ccccc1)C(C)(C)C)(c1ccccc1)c1ccccc1. The van der Waals surface area contributed by atoms with Crippen molar-refractivity contribution in [2.45, 2.75) is 70.4 Å². The fraction of sp³-hybridized carbons (Fsp3) is 0.302. The molecular formula is C43H53NO4Si2. The summed E-state index contributed by atoms with van der Waals surface area (Å²) in [4.78, 5) is 6.11. The van der Waals surface area contributed by atoms with Crippen molar-refractivity contribution in [1.82, 2.24) is 5.48 Å². The molecule has 2 atom stereocenters. The summed E-state index contributed by atoms with van der Waals surface area (Å²) in [5, 5.41) is 16.4. The molecule has 5 aromatic rings. The molecule has 7 heteroatoms. The molecule has 0 bridgehead atoms. The van der Waals surface area contributed by atoms with Crippen LogP contribution in [-0.4, -0.2) is 47.1 Å². The predicted octanol–water partition coefficient (Wildman–Crippen LogP) is 6.59. The molecule has 0 spiro atoms. The third-order valence-electron chi connectivity index (χ3n) is 9.56. The molecule has 262 valence electrons. The zero-order valence-electron chi connectivity index (χ0n) is 30.4. The van der Waals surface area contributed by atoms with Gasteiger partial charge < -0.3 is 14.0 Å². The molecule has 5 rings (SSSR count). The maximum atomic E-state index is 12.2. The van der Waals surface area contributed by atoms with E-state index >= 15 is 0 Å². The number of benzene rings is 5. The largest absolute Gasteiger partial charge is 0.406 e. The van der Waals surface area contributed by atoms with Crippen LogP contribution >= 0.6 is 0 Å². The van der Waals surface area contributed by atoms with Crippen LogP contribution in [0.3, 0.4) is 0 Å². The van der Waals surface area contributed by atoms with Gasteiger partial charge in [0.25, 0.3) is 16.6 Å². The molecule has 0 aliphatic heterocycles. The highest BCUT2D eigenvalue weighted by molar-refractivity contribution is 7.00. The Kier molecular flexibility index (Phi) is 12.5. The number of hydrogen-bond donors (Lipinski definition) is 2. The van der Waals surface area contributed by atoms with Crippen molar-refractivity contribution in [3.8, 4) is 0 Å². The number of hydroxylamine groups is 1. The molecule has 0 radical (unpaired) electrons. The Morgan fingerprint density at radius 2 is 0.820 bits per heavy atom. The van der Waals surface area contributed by atoms with Gasteiger partial charge in [-0.3, -0.25) is 4.84 Å². The van der Waals surface area contributed by atoms with Crippen molar-refractivity contribution in [2.24, 2.45) is 0 Å². The van der Waals surface area contributed by atoms with Crippen molar-refractivity contribution in [1.29, 1.82) is 0 Å². The second-order valence-corrected chi connectivity index (χ2v) is 23.6. The molecular weight excluding hydrogens is 651 g/mol. The van der Waals surface area contributed by atoms with Crippen molar-refractivity contribution in [3.63, 3.8) is 0 Å². The summed E-state index contributed by atoms with van der Waals surface area (Å²) in [5.74, 6) is 0. The van der Waals surface area contributed by atoms with Gasteiger partial charge in [0.2, 0.25) is 0 Å². The third kappa shape index (κ3) is 8.27. The lowest BCUT2D eigenvalue weighted by atomic mass is 10.2. The minimum absolute atomic E-state index is 0.101. The van der Waals surface area contributed by atoms with E-state index in [9.17, 15) is 5.11 Å².